The maximum atomic E-state index is 3.82. The van der Waals surface area contributed by atoms with E-state index in [2.05, 4.69) is 19.2 Å². The van der Waals surface area contributed by atoms with Crippen molar-refractivity contribution in [2.24, 2.45) is 11.8 Å². The molecule has 0 aromatic carbocycles. The molecule has 0 radical (unpaired) electrons. The van der Waals surface area contributed by atoms with Crippen molar-refractivity contribution in [3.63, 3.8) is 0 Å². The Morgan fingerprint density at radius 1 is 1.00 bits per heavy atom. The highest BCUT2D eigenvalue weighted by Gasteiger charge is 2.26. The van der Waals surface area contributed by atoms with Crippen molar-refractivity contribution in [1.29, 1.82) is 0 Å². The second-order valence-corrected chi connectivity index (χ2v) is 5.93. The minimum atomic E-state index is 0.745. The summed E-state index contributed by atoms with van der Waals surface area (Å²) in [7, 11) is 0. The lowest BCUT2D eigenvalue weighted by Crippen LogP contribution is -2.40. The van der Waals surface area contributed by atoms with Crippen LogP contribution in [0.3, 0.4) is 0 Å². The van der Waals surface area contributed by atoms with Crippen molar-refractivity contribution in [3.05, 3.63) is 0 Å². The minimum Gasteiger partial charge on any atom is -0.311 e. The highest BCUT2D eigenvalue weighted by Crippen LogP contribution is 2.34. The lowest BCUT2D eigenvalue weighted by Gasteiger charge is -2.30. The summed E-state index contributed by atoms with van der Waals surface area (Å²) >= 11 is 0. The van der Waals surface area contributed by atoms with E-state index in [1.165, 1.54) is 51.4 Å². The highest BCUT2D eigenvalue weighted by atomic mass is 14.9. The van der Waals surface area contributed by atoms with Gasteiger partial charge in [-0.05, 0) is 44.9 Å². The zero-order chi connectivity index (χ0) is 10.7. The first-order valence-electron chi connectivity index (χ1n) is 7.01. The second-order valence-electron chi connectivity index (χ2n) is 5.93. The Morgan fingerprint density at radius 3 is 2.27 bits per heavy atom. The fourth-order valence-electron chi connectivity index (χ4n) is 3.14. The number of nitrogens with one attached hydrogen (secondary N) is 1. The van der Waals surface area contributed by atoms with Crippen LogP contribution < -0.4 is 5.32 Å². The van der Waals surface area contributed by atoms with E-state index >= 15 is 0 Å². The fourth-order valence-corrected chi connectivity index (χ4v) is 3.14. The van der Waals surface area contributed by atoms with Crippen LogP contribution in [0.4, 0.5) is 0 Å². The van der Waals surface area contributed by atoms with Crippen LogP contribution in [0.2, 0.25) is 0 Å². The lowest BCUT2D eigenvalue weighted by molar-refractivity contribution is 0.262. The van der Waals surface area contributed by atoms with E-state index in [-0.39, 0.29) is 0 Å². The zero-order valence-electron chi connectivity index (χ0n) is 10.5. The average Bonchev–Trinajstić information content (AvgIpc) is 3.03. The molecule has 2 unspecified atom stereocenters. The van der Waals surface area contributed by atoms with Crippen LogP contribution in [0.15, 0.2) is 0 Å². The Kier molecular flexibility index (Phi) is 4.07. The number of rotatable bonds is 5. The first-order chi connectivity index (χ1) is 7.25. The molecule has 0 amide bonds. The van der Waals surface area contributed by atoms with Gasteiger partial charge in [0.2, 0.25) is 0 Å². The summed E-state index contributed by atoms with van der Waals surface area (Å²) in [4.78, 5) is 0. The molecule has 0 spiro atoms. The summed E-state index contributed by atoms with van der Waals surface area (Å²) in [5.41, 5.74) is 0. The Morgan fingerprint density at radius 2 is 1.67 bits per heavy atom. The van der Waals surface area contributed by atoms with Crippen LogP contribution in [0.25, 0.3) is 0 Å². The van der Waals surface area contributed by atoms with Crippen LogP contribution >= 0.6 is 0 Å². The van der Waals surface area contributed by atoms with E-state index in [4.69, 9.17) is 0 Å². The van der Waals surface area contributed by atoms with Gasteiger partial charge in [-0.3, -0.25) is 0 Å². The molecule has 2 atom stereocenters. The van der Waals surface area contributed by atoms with Gasteiger partial charge in [-0.25, -0.2) is 0 Å². The Labute approximate surface area is 95.0 Å². The molecule has 0 heterocycles. The molecule has 1 heteroatoms. The van der Waals surface area contributed by atoms with Crippen molar-refractivity contribution in [3.8, 4) is 0 Å². The number of hydrogen-bond donors (Lipinski definition) is 1. The standard InChI is InChI=1S/C14H27N/c1-11(10-13-8-9-13)15-12(2)14-6-4-3-5-7-14/h11-15H,3-10H2,1-2H3. The molecule has 2 saturated carbocycles. The molecule has 0 saturated heterocycles. The lowest BCUT2D eigenvalue weighted by atomic mass is 9.84. The van der Waals surface area contributed by atoms with Crippen molar-refractivity contribution in [2.75, 3.05) is 0 Å². The molecule has 88 valence electrons. The van der Waals surface area contributed by atoms with Gasteiger partial charge in [0, 0.05) is 12.1 Å². The van der Waals surface area contributed by atoms with E-state index in [0.717, 1.165) is 23.9 Å². The molecule has 0 aromatic heterocycles. The van der Waals surface area contributed by atoms with E-state index in [9.17, 15) is 0 Å². The molecule has 0 aromatic rings. The van der Waals surface area contributed by atoms with Gasteiger partial charge in [-0.2, -0.15) is 0 Å². The molecule has 1 N–H and O–H groups in total. The zero-order valence-corrected chi connectivity index (χ0v) is 10.5. The summed E-state index contributed by atoms with van der Waals surface area (Å²) in [6.07, 6.45) is 11.7. The van der Waals surface area contributed by atoms with Crippen molar-refractivity contribution in [1.82, 2.24) is 5.32 Å². The summed E-state index contributed by atoms with van der Waals surface area (Å²) < 4.78 is 0. The van der Waals surface area contributed by atoms with Crippen LogP contribution in [-0.2, 0) is 0 Å². The molecule has 2 aliphatic rings. The Bertz CT molecular complexity index is 180. The van der Waals surface area contributed by atoms with E-state index in [0.29, 0.717) is 0 Å². The van der Waals surface area contributed by atoms with Crippen LogP contribution in [-0.4, -0.2) is 12.1 Å². The van der Waals surface area contributed by atoms with E-state index in [1.54, 1.807) is 0 Å². The molecule has 15 heavy (non-hydrogen) atoms. The molecular formula is C14H27N. The van der Waals surface area contributed by atoms with Gasteiger partial charge in [-0.1, -0.05) is 32.1 Å². The van der Waals surface area contributed by atoms with Crippen LogP contribution in [0.5, 0.6) is 0 Å². The summed E-state index contributed by atoms with van der Waals surface area (Å²) in [5.74, 6) is 2.02. The van der Waals surface area contributed by atoms with Gasteiger partial charge >= 0.3 is 0 Å². The maximum absolute atomic E-state index is 3.82. The van der Waals surface area contributed by atoms with Gasteiger partial charge in [-0.15, -0.1) is 0 Å². The third kappa shape index (κ3) is 3.79. The van der Waals surface area contributed by atoms with Gasteiger partial charge in [0.25, 0.3) is 0 Å². The van der Waals surface area contributed by atoms with Gasteiger partial charge in [0.05, 0.1) is 0 Å². The molecule has 0 bridgehead atoms. The minimum absolute atomic E-state index is 0.745. The van der Waals surface area contributed by atoms with Crippen molar-refractivity contribution >= 4 is 0 Å². The first-order valence-corrected chi connectivity index (χ1v) is 7.01. The topological polar surface area (TPSA) is 12.0 Å². The van der Waals surface area contributed by atoms with E-state index < -0.39 is 0 Å². The third-order valence-corrected chi connectivity index (χ3v) is 4.29. The van der Waals surface area contributed by atoms with Gasteiger partial charge in [0.15, 0.2) is 0 Å². The predicted molar refractivity (Wildman–Crippen MR) is 66.0 cm³/mol. The summed E-state index contributed by atoms with van der Waals surface area (Å²) in [6, 6.07) is 1.49. The molecule has 2 aliphatic carbocycles. The van der Waals surface area contributed by atoms with Crippen LogP contribution in [0, 0.1) is 11.8 Å². The Balaban J connectivity index is 1.66. The fraction of sp³-hybridized carbons (Fsp3) is 1.00. The monoisotopic (exact) mass is 209 g/mol. The number of hydrogen-bond acceptors (Lipinski definition) is 1. The Hall–Kier alpha value is -0.0400. The second kappa shape index (κ2) is 5.34. The van der Waals surface area contributed by atoms with Gasteiger partial charge in [0.1, 0.15) is 0 Å². The molecular weight excluding hydrogens is 182 g/mol. The summed E-state index contributed by atoms with van der Waals surface area (Å²) in [6.45, 7) is 4.77. The molecule has 0 aliphatic heterocycles. The predicted octanol–water partition coefficient (Wildman–Crippen LogP) is 3.73. The first kappa shape index (κ1) is 11.4. The average molecular weight is 209 g/mol. The maximum Gasteiger partial charge on any atom is 0.00694 e. The smallest absolute Gasteiger partial charge is 0.00694 e. The largest absolute Gasteiger partial charge is 0.311 e. The SMILES string of the molecule is CC(CC1CC1)NC(C)C1CCCCC1. The van der Waals surface area contributed by atoms with Gasteiger partial charge < -0.3 is 5.32 Å². The van der Waals surface area contributed by atoms with Crippen molar-refractivity contribution in [2.45, 2.75) is 77.3 Å². The quantitative estimate of drug-likeness (QED) is 0.727. The van der Waals surface area contributed by atoms with Crippen molar-refractivity contribution < 1.29 is 0 Å². The van der Waals surface area contributed by atoms with E-state index in [1.807, 2.05) is 0 Å². The summed E-state index contributed by atoms with van der Waals surface area (Å²) in [5, 5.41) is 3.82. The highest BCUT2D eigenvalue weighted by molar-refractivity contribution is 4.82. The molecule has 2 fully saturated rings. The third-order valence-electron chi connectivity index (χ3n) is 4.29. The van der Waals surface area contributed by atoms with Crippen LogP contribution in [0.1, 0.15) is 65.2 Å². The molecule has 1 nitrogen and oxygen atoms in total. The molecule has 2 rings (SSSR count). The normalized spacial score (nSPS) is 27.6.